The molecule has 3 nitrogen and oxygen atoms in total. The molecule has 17 heavy (non-hydrogen) atoms. The van der Waals surface area contributed by atoms with Crippen molar-refractivity contribution in [3.05, 3.63) is 35.9 Å². The van der Waals surface area contributed by atoms with E-state index in [0.717, 1.165) is 12.8 Å². The van der Waals surface area contributed by atoms with E-state index in [1.165, 1.54) is 0 Å². The first-order chi connectivity index (χ1) is 8.18. The van der Waals surface area contributed by atoms with Crippen LogP contribution >= 0.6 is 0 Å². The molecule has 0 spiro atoms. The van der Waals surface area contributed by atoms with Gasteiger partial charge in [0.05, 0.1) is 6.54 Å². The van der Waals surface area contributed by atoms with Crippen LogP contribution in [0.4, 0.5) is 0 Å². The van der Waals surface area contributed by atoms with Crippen molar-refractivity contribution in [2.24, 2.45) is 11.8 Å². The largest absolute Gasteiger partial charge is 0.348 e. The molecule has 0 saturated heterocycles. The molecule has 1 aliphatic carbocycles. The van der Waals surface area contributed by atoms with Gasteiger partial charge in [0.2, 0.25) is 5.91 Å². The molecule has 3 heteroatoms. The molecule has 1 aromatic rings. The molecule has 0 heterocycles. The van der Waals surface area contributed by atoms with Gasteiger partial charge in [0, 0.05) is 11.5 Å². The zero-order valence-corrected chi connectivity index (χ0v) is 9.98. The lowest BCUT2D eigenvalue weighted by Gasteiger charge is -2.10. The number of benzene rings is 1. The smallest absolute Gasteiger partial charge is 0.223 e. The van der Waals surface area contributed by atoms with E-state index in [1.54, 1.807) is 12.1 Å². The van der Waals surface area contributed by atoms with Crippen molar-refractivity contribution in [1.29, 1.82) is 0 Å². The van der Waals surface area contributed by atoms with E-state index >= 15 is 0 Å². The minimum absolute atomic E-state index is 0.00298. The highest BCUT2D eigenvalue weighted by Gasteiger charge is 2.32. The van der Waals surface area contributed by atoms with Gasteiger partial charge in [0.25, 0.3) is 0 Å². The second-order valence-corrected chi connectivity index (χ2v) is 4.63. The fraction of sp³-hybridized carbons (Fsp3) is 0.429. The number of rotatable bonds is 5. The fourth-order valence-corrected chi connectivity index (χ4v) is 1.86. The van der Waals surface area contributed by atoms with E-state index in [0.29, 0.717) is 11.5 Å². The Balaban J connectivity index is 1.82. The molecule has 1 saturated carbocycles. The number of hydrogen-bond donors (Lipinski definition) is 1. The maximum atomic E-state index is 11.7. The summed E-state index contributed by atoms with van der Waals surface area (Å²) < 4.78 is 0. The lowest BCUT2D eigenvalue weighted by atomic mass is 10.1. The summed E-state index contributed by atoms with van der Waals surface area (Å²) in [5.41, 5.74) is 0.645. The highest BCUT2D eigenvalue weighted by Crippen LogP contribution is 2.36. The number of Topliss-reactive ketones (excluding diaryl/α,β-unsaturated/α-hetero) is 1. The summed E-state index contributed by atoms with van der Waals surface area (Å²) in [5, 5.41) is 2.71. The molecule has 1 N–H and O–H groups in total. The summed E-state index contributed by atoms with van der Waals surface area (Å²) >= 11 is 0. The van der Waals surface area contributed by atoms with Gasteiger partial charge >= 0.3 is 0 Å². The molecule has 1 unspecified atom stereocenters. The Morgan fingerprint density at radius 1 is 1.29 bits per heavy atom. The minimum Gasteiger partial charge on any atom is -0.348 e. The molecule has 0 bridgehead atoms. The summed E-state index contributed by atoms with van der Waals surface area (Å²) in [7, 11) is 0. The third-order valence-electron chi connectivity index (χ3n) is 3.26. The molecule has 1 fully saturated rings. The maximum Gasteiger partial charge on any atom is 0.223 e. The van der Waals surface area contributed by atoms with Crippen LogP contribution in [-0.4, -0.2) is 18.2 Å². The number of nitrogens with one attached hydrogen (secondary N) is 1. The van der Waals surface area contributed by atoms with Gasteiger partial charge < -0.3 is 5.32 Å². The van der Waals surface area contributed by atoms with Crippen LogP contribution in [0.2, 0.25) is 0 Å². The van der Waals surface area contributed by atoms with Crippen molar-refractivity contribution >= 4 is 11.7 Å². The summed E-state index contributed by atoms with van der Waals surface area (Å²) in [4.78, 5) is 23.4. The maximum absolute atomic E-state index is 11.7. The van der Waals surface area contributed by atoms with Gasteiger partial charge in [-0.2, -0.15) is 0 Å². The fourth-order valence-electron chi connectivity index (χ4n) is 1.86. The van der Waals surface area contributed by atoms with Crippen molar-refractivity contribution < 1.29 is 9.59 Å². The second kappa shape index (κ2) is 5.13. The summed E-state index contributed by atoms with van der Waals surface area (Å²) in [6.07, 6.45) is 2.28. The standard InChI is InChI=1S/C14H17NO2/c1-10(11-7-8-11)14(17)15-9-13(16)12-5-3-2-4-6-12/h2-6,10-11H,7-9H2,1H3,(H,15,17). The van der Waals surface area contributed by atoms with Crippen LogP contribution in [0, 0.1) is 11.8 Å². The third kappa shape index (κ3) is 3.16. The molecule has 0 aromatic heterocycles. The van der Waals surface area contributed by atoms with Crippen LogP contribution in [0.1, 0.15) is 30.1 Å². The first kappa shape index (κ1) is 11.8. The third-order valence-corrected chi connectivity index (χ3v) is 3.26. The zero-order valence-electron chi connectivity index (χ0n) is 9.98. The lowest BCUT2D eigenvalue weighted by Crippen LogP contribution is -2.34. The van der Waals surface area contributed by atoms with Crippen LogP contribution in [0.15, 0.2) is 30.3 Å². The van der Waals surface area contributed by atoms with Crippen LogP contribution in [0.25, 0.3) is 0 Å². The molecule has 2 rings (SSSR count). The molecule has 1 atom stereocenters. The monoisotopic (exact) mass is 231 g/mol. The minimum atomic E-state index is -0.0399. The molecule has 0 radical (unpaired) electrons. The topological polar surface area (TPSA) is 46.2 Å². The van der Waals surface area contributed by atoms with Crippen LogP contribution < -0.4 is 5.32 Å². The average Bonchev–Trinajstić information content (AvgIpc) is 3.20. The van der Waals surface area contributed by atoms with Crippen LogP contribution in [0.5, 0.6) is 0 Å². The average molecular weight is 231 g/mol. The quantitative estimate of drug-likeness (QED) is 0.788. The number of carbonyl (C=O) groups excluding carboxylic acids is 2. The van der Waals surface area contributed by atoms with Gasteiger partial charge in [-0.05, 0) is 18.8 Å². The lowest BCUT2D eigenvalue weighted by molar-refractivity contribution is -0.124. The van der Waals surface area contributed by atoms with Crippen molar-refractivity contribution in [3.63, 3.8) is 0 Å². The van der Waals surface area contributed by atoms with E-state index in [1.807, 2.05) is 25.1 Å². The van der Waals surface area contributed by atoms with Crippen molar-refractivity contribution in [2.75, 3.05) is 6.54 Å². The molecular weight excluding hydrogens is 214 g/mol. The number of ketones is 1. The number of hydrogen-bond acceptors (Lipinski definition) is 2. The predicted octanol–water partition coefficient (Wildman–Crippen LogP) is 2.03. The van der Waals surface area contributed by atoms with Crippen LogP contribution in [-0.2, 0) is 4.79 Å². The Hall–Kier alpha value is -1.64. The van der Waals surface area contributed by atoms with E-state index in [-0.39, 0.29) is 24.2 Å². The van der Waals surface area contributed by atoms with Gasteiger partial charge in [0.15, 0.2) is 5.78 Å². The van der Waals surface area contributed by atoms with Crippen molar-refractivity contribution in [3.8, 4) is 0 Å². The van der Waals surface area contributed by atoms with Gasteiger partial charge in [-0.15, -0.1) is 0 Å². The highest BCUT2D eigenvalue weighted by molar-refractivity contribution is 5.99. The van der Waals surface area contributed by atoms with E-state index in [4.69, 9.17) is 0 Å². The summed E-state index contributed by atoms with van der Waals surface area (Å²) in [5.74, 6) is 0.527. The Bertz CT molecular complexity index is 409. The Morgan fingerprint density at radius 2 is 1.94 bits per heavy atom. The first-order valence-electron chi connectivity index (χ1n) is 6.04. The first-order valence-corrected chi connectivity index (χ1v) is 6.04. The number of amides is 1. The summed E-state index contributed by atoms with van der Waals surface area (Å²) in [6.45, 7) is 2.03. The van der Waals surface area contributed by atoms with Gasteiger partial charge in [-0.25, -0.2) is 0 Å². The molecule has 1 aromatic carbocycles. The normalized spacial score (nSPS) is 16.3. The Labute approximate surface area is 101 Å². The number of carbonyl (C=O) groups is 2. The highest BCUT2D eigenvalue weighted by atomic mass is 16.2. The van der Waals surface area contributed by atoms with Crippen molar-refractivity contribution in [1.82, 2.24) is 5.32 Å². The SMILES string of the molecule is CC(C(=O)NCC(=O)c1ccccc1)C1CC1. The molecule has 0 aliphatic heterocycles. The Morgan fingerprint density at radius 3 is 2.53 bits per heavy atom. The zero-order chi connectivity index (χ0) is 12.3. The molecule has 1 aliphatic rings. The van der Waals surface area contributed by atoms with Crippen molar-refractivity contribution in [2.45, 2.75) is 19.8 Å². The van der Waals surface area contributed by atoms with E-state index in [9.17, 15) is 9.59 Å². The van der Waals surface area contributed by atoms with Gasteiger partial charge in [-0.3, -0.25) is 9.59 Å². The van der Waals surface area contributed by atoms with Gasteiger partial charge in [0.1, 0.15) is 0 Å². The van der Waals surface area contributed by atoms with E-state index < -0.39 is 0 Å². The molecule has 1 amide bonds. The second-order valence-electron chi connectivity index (χ2n) is 4.63. The summed E-state index contributed by atoms with van der Waals surface area (Å²) in [6, 6.07) is 9.03. The van der Waals surface area contributed by atoms with Gasteiger partial charge in [-0.1, -0.05) is 37.3 Å². The molecular formula is C14H17NO2. The Kier molecular flexibility index (Phi) is 3.57. The molecule has 90 valence electrons. The van der Waals surface area contributed by atoms with Crippen LogP contribution in [0.3, 0.4) is 0 Å². The predicted molar refractivity (Wildman–Crippen MR) is 65.7 cm³/mol. The van der Waals surface area contributed by atoms with E-state index in [2.05, 4.69) is 5.32 Å².